The van der Waals surface area contributed by atoms with E-state index in [4.69, 9.17) is 4.74 Å². The lowest BCUT2D eigenvalue weighted by atomic mass is 10.2. The normalized spacial score (nSPS) is 11.6. The molecule has 0 aliphatic heterocycles. The Bertz CT molecular complexity index is 89.3. The minimum atomic E-state index is 0.629. The van der Waals surface area contributed by atoms with Crippen molar-refractivity contribution in [1.82, 2.24) is 0 Å². The smallest absolute Gasteiger partial charge is 0.0647 e. The van der Waals surface area contributed by atoms with Gasteiger partial charge in [-0.1, -0.05) is 26.0 Å². The zero-order valence-electron chi connectivity index (χ0n) is 6.71. The zero-order chi connectivity index (χ0) is 7.82. The number of hydrogen-bond acceptors (Lipinski definition) is 2. The molecule has 0 spiro atoms. The summed E-state index contributed by atoms with van der Waals surface area (Å²) in [7, 11) is 0. The molecule has 0 aliphatic carbocycles. The van der Waals surface area contributed by atoms with Crippen LogP contribution in [0.25, 0.3) is 0 Å². The molecule has 0 aromatic rings. The molecular weight excluding hydrogens is 144 g/mol. The highest BCUT2D eigenvalue weighted by Gasteiger charge is 1.89. The van der Waals surface area contributed by atoms with Gasteiger partial charge < -0.3 is 4.74 Å². The van der Waals surface area contributed by atoms with E-state index < -0.39 is 0 Å². The van der Waals surface area contributed by atoms with E-state index >= 15 is 0 Å². The second-order valence-corrected chi connectivity index (χ2v) is 2.95. The Morgan fingerprint density at radius 3 is 2.60 bits per heavy atom. The second kappa shape index (κ2) is 7.16. The lowest BCUT2D eigenvalue weighted by molar-refractivity contribution is 0.135. The summed E-state index contributed by atoms with van der Waals surface area (Å²) in [6, 6.07) is 0. The van der Waals surface area contributed by atoms with Crippen LogP contribution in [0, 0.1) is 5.92 Å². The van der Waals surface area contributed by atoms with Crippen LogP contribution >= 0.6 is 12.6 Å². The molecule has 0 amide bonds. The number of thiol groups is 1. The highest BCUT2D eigenvalue weighted by molar-refractivity contribution is 7.80. The Kier molecular flexibility index (Phi) is 7.20. The lowest BCUT2D eigenvalue weighted by Crippen LogP contribution is -2.01. The van der Waals surface area contributed by atoms with Crippen molar-refractivity contribution in [1.29, 1.82) is 0 Å². The topological polar surface area (TPSA) is 9.23 Å². The third-order valence-corrected chi connectivity index (χ3v) is 1.15. The van der Waals surface area contributed by atoms with Gasteiger partial charge in [-0.05, 0) is 5.92 Å². The van der Waals surface area contributed by atoms with Gasteiger partial charge in [0.05, 0.1) is 6.61 Å². The molecule has 60 valence electrons. The van der Waals surface area contributed by atoms with Crippen LogP contribution in [0.1, 0.15) is 13.8 Å². The number of rotatable bonds is 5. The SMILES string of the molecule is CC(C)COCC=CCS. The van der Waals surface area contributed by atoms with Crippen molar-refractivity contribution >= 4 is 12.6 Å². The van der Waals surface area contributed by atoms with Crippen molar-refractivity contribution in [3.63, 3.8) is 0 Å². The Labute approximate surface area is 68.9 Å². The van der Waals surface area contributed by atoms with Crippen LogP contribution < -0.4 is 0 Å². The lowest BCUT2D eigenvalue weighted by Gasteiger charge is -2.02. The van der Waals surface area contributed by atoms with Crippen LogP contribution in [-0.2, 0) is 4.74 Å². The minimum Gasteiger partial charge on any atom is -0.377 e. The van der Waals surface area contributed by atoms with Gasteiger partial charge in [0, 0.05) is 12.4 Å². The summed E-state index contributed by atoms with van der Waals surface area (Å²) in [5.41, 5.74) is 0. The molecule has 0 fully saturated rings. The fourth-order valence-electron chi connectivity index (χ4n) is 0.514. The molecule has 0 bridgehead atoms. The van der Waals surface area contributed by atoms with Crippen LogP contribution in [0.3, 0.4) is 0 Å². The molecule has 0 heterocycles. The van der Waals surface area contributed by atoms with E-state index in [2.05, 4.69) is 26.5 Å². The van der Waals surface area contributed by atoms with Crippen molar-refractivity contribution < 1.29 is 4.74 Å². The van der Waals surface area contributed by atoms with E-state index in [0.29, 0.717) is 5.92 Å². The Hall–Kier alpha value is 0.0500. The first-order valence-electron chi connectivity index (χ1n) is 3.61. The standard InChI is InChI=1S/C8H16OS/c1-8(2)7-9-5-3-4-6-10/h3-4,8,10H,5-7H2,1-2H3. The zero-order valence-corrected chi connectivity index (χ0v) is 7.60. The molecule has 0 aliphatic rings. The molecule has 1 nitrogen and oxygen atoms in total. The third kappa shape index (κ3) is 8.05. The van der Waals surface area contributed by atoms with E-state index in [0.717, 1.165) is 19.0 Å². The molecule has 0 aromatic heterocycles. The van der Waals surface area contributed by atoms with E-state index in [-0.39, 0.29) is 0 Å². The van der Waals surface area contributed by atoms with Gasteiger partial charge in [-0.25, -0.2) is 0 Å². The average Bonchev–Trinajstić information content (AvgIpc) is 1.87. The van der Waals surface area contributed by atoms with Crippen molar-refractivity contribution in [2.24, 2.45) is 5.92 Å². The maximum atomic E-state index is 5.28. The average molecular weight is 160 g/mol. The van der Waals surface area contributed by atoms with Crippen LogP contribution in [0.15, 0.2) is 12.2 Å². The quantitative estimate of drug-likeness (QED) is 0.368. The monoisotopic (exact) mass is 160 g/mol. The summed E-state index contributed by atoms with van der Waals surface area (Å²) in [5, 5.41) is 0. The molecule has 0 aromatic carbocycles. The molecule has 0 radical (unpaired) electrons. The van der Waals surface area contributed by atoms with Gasteiger partial charge in [-0.3, -0.25) is 0 Å². The van der Waals surface area contributed by atoms with Gasteiger partial charge in [0.1, 0.15) is 0 Å². The van der Waals surface area contributed by atoms with Crippen molar-refractivity contribution in [2.45, 2.75) is 13.8 Å². The van der Waals surface area contributed by atoms with E-state index in [1.54, 1.807) is 0 Å². The van der Waals surface area contributed by atoms with E-state index in [1.807, 2.05) is 12.2 Å². The van der Waals surface area contributed by atoms with Crippen LogP contribution in [0.4, 0.5) is 0 Å². The van der Waals surface area contributed by atoms with E-state index in [1.165, 1.54) is 0 Å². The largest absolute Gasteiger partial charge is 0.377 e. The van der Waals surface area contributed by atoms with E-state index in [9.17, 15) is 0 Å². The predicted octanol–water partition coefficient (Wildman–Crippen LogP) is 2.15. The first-order chi connectivity index (χ1) is 4.77. The molecule has 10 heavy (non-hydrogen) atoms. The molecular formula is C8H16OS. The maximum Gasteiger partial charge on any atom is 0.0647 e. The maximum absolute atomic E-state index is 5.28. The molecule has 0 rings (SSSR count). The molecule has 0 N–H and O–H groups in total. The predicted molar refractivity (Wildman–Crippen MR) is 48.7 cm³/mol. The van der Waals surface area contributed by atoms with Gasteiger partial charge in [-0.15, -0.1) is 0 Å². The van der Waals surface area contributed by atoms with Gasteiger partial charge in [0.2, 0.25) is 0 Å². The summed E-state index contributed by atoms with van der Waals surface area (Å²) in [6.07, 6.45) is 3.98. The molecule has 0 saturated carbocycles. The van der Waals surface area contributed by atoms with Crippen molar-refractivity contribution in [3.8, 4) is 0 Å². The summed E-state index contributed by atoms with van der Waals surface area (Å²) in [6.45, 7) is 5.85. The Morgan fingerprint density at radius 1 is 1.40 bits per heavy atom. The van der Waals surface area contributed by atoms with Gasteiger partial charge >= 0.3 is 0 Å². The molecule has 2 heteroatoms. The first-order valence-corrected chi connectivity index (χ1v) is 4.24. The fraction of sp³-hybridized carbons (Fsp3) is 0.750. The Morgan fingerprint density at radius 2 is 2.10 bits per heavy atom. The highest BCUT2D eigenvalue weighted by atomic mass is 32.1. The summed E-state index contributed by atoms with van der Waals surface area (Å²) in [4.78, 5) is 0. The molecule has 0 saturated heterocycles. The van der Waals surface area contributed by atoms with Crippen LogP contribution in [0.2, 0.25) is 0 Å². The summed E-state index contributed by atoms with van der Waals surface area (Å²) < 4.78 is 5.28. The van der Waals surface area contributed by atoms with Gasteiger partial charge in [0.15, 0.2) is 0 Å². The Balaban J connectivity index is 2.97. The van der Waals surface area contributed by atoms with Crippen LogP contribution in [-0.4, -0.2) is 19.0 Å². The second-order valence-electron chi connectivity index (χ2n) is 2.59. The van der Waals surface area contributed by atoms with Crippen molar-refractivity contribution in [3.05, 3.63) is 12.2 Å². The van der Waals surface area contributed by atoms with Gasteiger partial charge in [0.25, 0.3) is 0 Å². The minimum absolute atomic E-state index is 0.629. The molecule has 0 unspecified atom stereocenters. The number of hydrogen-bond donors (Lipinski definition) is 1. The van der Waals surface area contributed by atoms with Gasteiger partial charge in [-0.2, -0.15) is 12.6 Å². The summed E-state index contributed by atoms with van der Waals surface area (Å²) in [5.74, 6) is 1.43. The number of ether oxygens (including phenoxy) is 1. The van der Waals surface area contributed by atoms with Crippen LogP contribution in [0.5, 0.6) is 0 Å². The highest BCUT2D eigenvalue weighted by Crippen LogP contribution is 1.91. The third-order valence-electron chi connectivity index (χ3n) is 0.937. The fourth-order valence-corrected chi connectivity index (χ4v) is 0.663. The van der Waals surface area contributed by atoms with Crippen molar-refractivity contribution in [2.75, 3.05) is 19.0 Å². The molecule has 0 atom stereocenters. The first kappa shape index (κ1) is 10.0. The summed E-state index contributed by atoms with van der Waals surface area (Å²) >= 11 is 4.02.